The van der Waals surface area contributed by atoms with Crippen LogP contribution in [0.15, 0.2) is 18.5 Å². The second-order valence-electron chi connectivity index (χ2n) is 6.40. The maximum Gasteiger partial charge on any atom is 0.255 e. The molecule has 3 aromatic rings. The minimum absolute atomic E-state index is 0.0660. The Morgan fingerprint density at radius 1 is 1.19 bits per heavy atom. The van der Waals surface area contributed by atoms with Gasteiger partial charge in [-0.15, -0.1) is 0 Å². The average molecular weight is 380 g/mol. The summed E-state index contributed by atoms with van der Waals surface area (Å²) in [6.45, 7) is 5.44. The van der Waals surface area contributed by atoms with Crippen molar-refractivity contribution in [2.24, 2.45) is 5.92 Å². The number of benzene rings is 1. The van der Waals surface area contributed by atoms with E-state index in [0.717, 1.165) is 0 Å². The molecule has 0 saturated carbocycles. The number of hydrogen-bond donors (Lipinski definition) is 1. The van der Waals surface area contributed by atoms with Crippen molar-refractivity contribution in [3.8, 4) is 11.1 Å². The lowest BCUT2D eigenvalue weighted by atomic mass is 9.71. The van der Waals surface area contributed by atoms with Crippen molar-refractivity contribution in [2.45, 2.75) is 26.2 Å². The molecule has 2 aromatic heterocycles. The molecule has 10 heteroatoms. The molecule has 0 fully saturated rings. The molecule has 0 spiro atoms. The Labute approximate surface area is 154 Å². The number of nitrogens with zero attached hydrogens (tertiary/aromatic N) is 4. The standard InChI is InChI=1S/C16H14BClF3N5/c1-7(2)16(3,17)25-14-12(11-9(20)4-8(19)5-10(11)21)13(18)24-15-22-6-23-26(14)15/h4-7,25H,1-3H3. The zero-order valence-corrected chi connectivity index (χ0v) is 14.9. The van der Waals surface area contributed by atoms with Gasteiger partial charge in [0.05, 0.1) is 11.1 Å². The minimum atomic E-state index is -1.13. The first-order valence-corrected chi connectivity index (χ1v) is 8.11. The Morgan fingerprint density at radius 3 is 2.38 bits per heavy atom. The zero-order chi connectivity index (χ0) is 19.2. The van der Waals surface area contributed by atoms with E-state index in [-0.39, 0.29) is 28.2 Å². The summed E-state index contributed by atoms with van der Waals surface area (Å²) in [5, 5.41) is 6.80. The van der Waals surface area contributed by atoms with Gasteiger partial charge in [0.1, 0.15) is 42.6 Å². The van der Waals surface area contributed by atoms with Crippen LogP contribution in [0.5, 0.6) is 0 Å². The number of nitrogens with one attached hydrogen (secondary N) is 1. The van der Waals surface area contributed by atoms with Gasteiger partial charge in [0.15, 0.2) is 0 Å². The molecule has 1 aromatic carbocycles. The van der Waals surface area contributed by atoms with Crippen LogP contribution in [-0.2, 0) is 0 Å². The van der Waals surface area contributed by atoms with Crippen molar-refractivity contribution in [2.75, 3.05) is 5.32 Å². The highest BCUT2D eigenvalue weighted by molar-refractivity contribution is 6.33. The second kappa shape index (κ2) is 6.46. The molecule has 1 atom stereocenters. The molecule has 0 saturated heterocycles. The number of fused-ring (bicyclic) bond motifs is 1. The van der Waals surface area contributed by atoms with Crippen LogP contribution < -0.4 is 5.32 Å². The van der Waals surface area contributed by atoms with E-state index in [9.17, 15) is 13.2 Å². The number of hydrogen-bond acceptors (Lipinski definition) is 4. The summed E-state index contributed by atoms with van der Waals surface area (Å²) in [6.07, 6.45) is 1.22. The molecule has 2 radical (unpaired) electrons. The molecular weight excluding hydrogens is 365 g/mol. The molecule has 3 rings (SSSR count). The molecule has 2 heterocycles. The zero-order valence-electron chi connectivity index (χ0n) is 14.2. The van der Waals surface area contributed by atoms with Crippen molar-refractivity contribution in [3.63, 3.8) is 0 Å². The van der Waals surface area contributed by atoms with Crippen LogP contribution in [0, 0.1) is 23.4 Å². The van der Waals surface area contributed by atoms with Gasteiger partial charge >= 0.3 is 0 Å². The molecular formula is C16H14BClF3N5. The number of aromatic nitrogens is 4. The first kappa shape index (κ1) is 18.5. The summed E-state index contributed by atoms with van der Waals surface area (Å²) in [6, 6.07) is 1.13. The molecule has 1 unspecified atom stereocenters. The van der Waals surface area contributed by atoms with Gasteiger partial charge in [-0.25, -0.2) is 13.2 Å². The third kappa shape index (κ3) is 3.11. The van der Waals surface area contributed by atoms with E-state index in [0.29, 0.717) is 12.1 Å². The van der Waals surface area contributed by atoms with Crippen LogP contribution in [0.1, 0.15) is 20.8 Å². The quantitative estimate of drug-likeness (QED) is 0.553. The summed E-state index contributed by atoms with van der Waals surface area (Å²) in [7, 11) is 6.26. The average Bonchev–Trinajstić information content (AvgIpc) is 2.96. The predicted octanol–water partition coefficient (Wildman–Crippen LogP) is 3.81. The molecule has 0 bridgehead atoms. The Hall–Kier alpha value is -2.29. The van der Waals surface area contributed by atoms with E-state index in [4.69, 9.17) is 19.4 Å². The van der Waals surface area contributed by atoms with E-state index >= 15 is 0 Å². The molecule has 0 aliphatic rings. The van der Waals surface area contributed by atoms with E-state index in [1.807, 2.05) is 13.8 Å². The molecule has 0 amide bonds. The van der Waals surface area contributed by atoms with Crippen LogP contribution in [0.25, 0.3) is 16.9 Å². The summed E-state index contributed by atoms with van der Waals surface area (Å²) in [5.41, 5.74) is -1.65. The lowest BCUT2D eigenvalue weighted by Gasteiger charge is -2.33. The third-order valence-electron chi connectivity index (χ3n) is 4.23. The van der Waals surface area contributed by atoms with Crippen molar-refractivity contribution in [1.82, 2.24) is 19.6 Å². The first-order chi connectivity index (χ1) is 12.1. The Bertz CT molecular complexity index is 966. The molecule has 0 aliphatic carbocycles. The van der Waals surface area contributed by atoms with E-state index in [1.54, 1.807) is 6.92 Å². The van der Waals surface area contributed by atoms with Gasteiger partial charge in [-0.05, 0) is 11.4 Å². The molecule has 0 aliphatic heterocycles. The van der Waals surface area contributed by atoms with E-state index in [1.165, 1.54) is 10.8 Å². The normalized spacial score (nSPS) is 14.0. The number of halogens is 4. The summed E-state index contributed by atoms with van der Waals surface area (Å²) in [5.74, 6) is -3.16. The van der Waals surface area contributed by atoms with Crippen LogP contribution in [0.4, 0.5) is 19.0 Å². The third-order valence-corrected chi connectivity index (χ3v) is 4.50. The number of rotatable bonds is 4. The fourth-order valence-corrected chi connectivity index (χ4v) is 2.59. The van der Waals surface area contributed by atoms with Gasteiger partial charge in [-0.3, -0.25) is 0 Å². The maximum absolute atomic E-state index is 14.4. The number of anilines is 1. The van der Waals surface area contributed by atoms with Crippen LogP contribution >= 0.6 is 11.6 Å². The fourth-order valence-electron chi connectivity index (χ4n) is 2.33. The van der Waals surface area contributed by atoms with Gasteiger partial charge in [-0.1, -0.05) is 32.4 Å². The fraction of sp³-hybridized carbons (Fsp3) is 0.312. The van der Waals surface area contributed by atoms with Gasteiger partial charge in [-0.2, -0.15) is 19.6 Å². The molecule has 5 nitrogen and oxygen atoms in total. The summed E-state index contributed by atoms with van der Waals surface area (Å²) >= 11 is 6.19. The van der Waals surface area contributed by atoms with Gasteiger partial charge in [0.25, 0.3) is 5.78 Å². The van der Waals surface area contributed by atoms with Crippen molar-refractivity contribution >= 4 is 31.0 Å². The first-order valence-electron chi connectivity index (χ1n) is 7.73. The molecule has 134 valence electrons. The van der Waals surface area contributed by atoms with E-state index in [2.05, 4.69) is 20.4 Å². The summed E-state index contributed by atoms with van der Waals surface area (Å²) in [4.78, 5) is 7.94. The SMILES string of the molecule is [B]C(C)(Nc1c(-c2c(F)cc(F)cc2F)c(Cl)nc2ncnn12)C(C)C. The lowest BCUT2D eigenvalue weighted by Crippen LogP contribution is -2.41. The van der Waals surface area contributed by atoms with Gasteiger partial charge < -0.3 is 5.32 Å². The van der Waals surface area contributed by atoms with Crippen LogP contribution in [0.3, 0.4) is 0 Å². The summed E-state index contributed by atoms with van der Waals surface area (Å²) < 4.78 is 43.4. The minimum Gasteiger partial charge on any atom is -0.372 e. The van der Waals surface area contributed by atoms with Crippen LogP contribution in [0.2, 0.25) is 5.15 Å². The second-order valence-corrected chi connectivity index (χ2v) is 6.76. The van der Waals surface area contributed by atoms with Gasteiger partial charge in [0, 0.05) is 12.1 Å². The molecule has 1 N–H and O–H groups in total. The lowest BCUT2D eigenvalue weighted by molar-refractivity contribution is 0.501. The highest BCUT2D eigenvalue weighted by Gasteiger charge is 2.29. The molecule has 26 heavy (non-hydrogen) atoms. The smallest absolute Gasteiger partial charge is 0.255 e. The monoisotopic (exact) mass is 379 g/mol. The predicted molar refractivity (Wildman–Crippen MR) is 93.7 cm³/mol. The van der Waals surface area contributed by atoms with Gasteiger partial charge in [0.2, 0.25) is 0 Å². The maximum atomic E-state index is 14.4. The highest BCUT2D eigenvalue weighted by Crippen LogP contribution is 2.38. The van der Waals surface area contributed by atoms with Crippen molar-refractivity contribution in [1.29, 1.82) is 0 Å². The Kier molecular flexibility index (Phi) is 4.60. The van der Waals surface area contributed by atoms with Crippen LogP contribution in [-0.4, -0.2) is 32.9 Å². The highest BCUT2D eigenvalue weighted by atomic mass is 35.5. The topological polar surface area (TPSA) is 55.1 Å². The largest absolute Gasteiger partial charge is 0.372 e. The van der Waals surface area contributed by atoms with Crippen molar-refractivity contribution in [3.05, 3.63) is 41.1 Å². The van der Waals surface area contributed by atoms with Crippen molar-refractivity contribution < 1.29 is 13.2 Å². The Morgan fingerprint density at radius 2 is 1.81 bits per heavy atom. The Balaban J connectivity index is 2.36. The van der Waals surface area contributed by atoms with E-state index < -0.39 is 28.5 Å².